The average molecular weight is 281 g/mol. The molecule has 0 atom stereocenters. The summed E-state index contributed by atoms with van der Waals surface area (Å²) in [5, 5.41) is 0. The Morgan fingerprint density at radius 2 is 1.67 bits per heavy atom. The molecule has 0 heterocycles. The van der Waals surface area contributed by atoms with Crippen LogP contribution in [0, 0.1) is 0 Å². The van der Waals surface area contributed by atoms with Crippen LogP contribution in [0.2, 0.25) is 0 Å². The van der Waals surface area contributed by atoms with Gasteiger partial charge in [-0.2, -0.15) is 0 Å². The van der Waals surface area contributed by atoms with E-state index in [0.29, 0.717) is 16.2 Å². The van der Waals surface area contributed by atoms with Crippen LogP contribution in [0.3, 0.4) is 0 Å². The van der Waals surface area contributed by atoms with Gasteiger partial charge < -0.3 is 0 Å². The fourth-order valence-corrected chi connectivity index (χ4v) is 0. The van der Waals surface area contributed by atoms with Crippen LogP contribution in [0.4, 0.5) is 0 Å². The molecule has 0 aliphatic carbocycles. The quantitative estimate of drug-likeness (QED) is 0.556. The molecule has 6 heavy (non-hydrogen) atoms. The molecule has 0 aromatic heterocycles. The van der Waals surface area contributed by atoms with Crippen molar-refractivity contribution < 1.29 is 30.9 Å². The molecule has 0 saturated heterocycles. The van der Waals surface area contributed by atoms with Crippen molar-refractivity contribution >= 4 is 27.7 Å². The zero-order valence-electron chi connectivity index (χ0n) is 3.01. The zero-order chi connectivity index (χ0) is 5.41. The molecule has 0 N–H and O–H groups in total. The first-order valence-corrected chi connectivity index (χ1v) is 10.3. The van der Waals surface area contributed by atoms with Crippen molar-refractivity contribution in [3.05, 3.63) is 0 Å². The minimum absolute atomic E-state index is 0.611. The number of rotatable bonds is 1. The molecule has 0 aromatic rings. The number of hydrogen-bond donors (Lipinski definition) is 0. The molecule has 0 radical (unpaired) electrons. The summed E-state index contributed by atoms with van der Waals surface area (Å²) in [5.74, 6) is 0. The van der Waals surface area contributed by atoms with Gasteiger partial charge in [-0.1, -0.05) is 0 Å². The van der Waals surface area contributed by atoms with Crippen LogP contribution >= 0.6 is 0 Å². The molecule has 0 aromatic carbocycles. The average Bonchev–Trinajstić information content (AvgIpc) is 1.72. The molecule has 0 spiro atoms. The third-order valence-electron chi connectivity index (χ3n) is 0.0481. The van der Waals surface area contributed by atoms with E-state index in [1.54, 1.807) is 0 Å². The molecule has 6 heteroatoms. The summed E-state index contributed by atoms with van der Waals surface area (Å²) < 4.78 is 26.7. The Morgan fingerprint density at radius 1 is 1.50 bits per heavy atom. The standard InChI is InChI=1S/2Al.Hf.3O.H. The molecule has 0 bridgehead atoms. The second-order valence-corrected chi connectivity index (χ2v) is 5.79. The Kier molecular flexibility index (Phi) is 27.9. The van der Waals surface area contributed by atoms with Crippen molar-refractivity contribution in [2.24, 2.45) is 0 Å². The van der Waals surface area contributed by atoms with Crippen LogP contribution in [0.1, 0.15) is 0 Å². The van der Waals surface area contributed by atoms with E-state index < -0.39 is 32.0 Å². The summed E-state index contributed by atoms with van der Waals surface area (Å²) in [7, 11) is 0. The van der Waals surface area contributed by atoms with Crippen molar-refractivity contribution in [1.82, 2.24) is 0 Å². The summed E-state index contributed by atoms with van der Waals surface area (Å²) in [4.78, 5) is 0. The molecule has 0 aliphatic rings. The summed E-state index contributed by atoms with van der Waals surface area (Å²) in [6.45, 7) is 0. The van der Waals surface area contributed by atoms with Crippen LogP contribution in [0.25, 0.3) is 0 Å². The van der Waals surface area contributed by atoms with Crippen molar-refractivity contribution in [3.8, 4) is 0 Å². The molecular weight excluding hydrogens is 280 g/mol. The first kappa shape index (κ1) is 10.3. The van der Waals surface area contributed by atoms with Gasteiger partial charge in [-0.15, -0.1) is 0 Å². The van der Waals surface area contributed by atoms with Gasteiger partial charge in [-0.3, -0.25) is 0 Å². The van der Waals surface area contributed by atoms with Gasteiger partial charge >= 0.3 is 58.6 Å². The van der Waals surface area contributed by atoms with Gasteiger partial charge in [0.25, 0.3) is 0 Å². The van der Waals surface area contributed by atoms with Gasteiger partial charge in [0.1, 0.15) is 0 Å². The normalized spacial score (nSPS) is 2.50. The van der Waals surface area contributed by atoms with Crippen LogP contribution in [-0.2, 0) is 30.9 Å². The van der Waals surface area contributed by atoms with E-state index in [1.807, 2.05) is 0 Å². The maximum atomic E-state index is 9.22. The second kappa shape index (κ2) is 16.2. The molecule has 0 fully saturated rings. The van der Waals surface area contributed by atoms with Gasteiger partial charge in [0.2, 0.25) is 0 Å². The summed E-state index contributed by atoms with van der Waals surface area (Å²) in [6.07, 6.45) is 0. The Balaban J connectivity index is 0. The third-order valence-corrected chi connectivity index (χ3v) is 1.18. The van der Waals surface area contributed by atoms with E-state index in [0.717, 1.165) is 0 Å². The molecule has 3 nitrogen and oxygen atoms in total. The van der Waals surface area contributed by atoms with Crippen LogP contribution in [0.5, 0.6) is 0 Å². The SMILES string of the molecule is [O]=[AlH].[O]=[Al][Hf]=[O]. The minimum atomic E-state index is -1.66. The Labute approximate surface area is 58.1 Å². The second-order valence-electron chi connectivity index (χ2n) is 0.236. The Hall–Kier alpha value is 1.34. The van der Waals surface area contributed by atoms with Crippen molar-refractivity contribution in [3.63, 3.8) is 0 Å². The van der Waals surface area contributed by atoms with E-state index >= 15 is 0 Å². The maximum absolute atomic E-state index is 9.22. The van der Waals surface area contributed by atoms with Gasteiger partial charge in [0.05, 0.1) is 0 Å². The van der Waals surface area contributed by atoms with E-state index in [-0.39, 0.29) is 0 Å². The van der Waals surface area contributed by atoms with Crippen LogP contribution in [-0.4, -0.2) is 27.7 Å². The van der Waals surface area contributed by atoms with E-state index in [2.05, 4.69) is 0 Å². The van der Waals surface area contributed by atoms with Crippen molar-refractivity contribution in [1.29, 1.82) is 0 Å². The molecule has 0 aliphatic heterocycles. The fraction of sp³-hybridized carbons (Fsp3) is 0. The first-order chi connectivity index (χ1) is 2.91. The monoisotopic (exact) mass is 283 g/mol. The Bertz CT molecular complexity index is 38.1. The summed E-state index contributed by atoms with van der Waals surface area (Å²) in [5.41, 5.74) is 0. The van der Waals surface area contributed by atoms with Gasteiger partial charge in [0, 0.05) is 0 Å². The third kappa shape index (κ3) is 18.4. The van der Waals surface area contributed by atoms with Gasteiger partial charge in [0.15, 0.2) is 0 Å². The first-order valence-electron chi connectivity index (χ1n) is 1.02. The summed E-state index contributed by atoms with van der Waals surface area (Å²) in [6, 6.07) is 0. The van der Waals surface area contributed by atoms with Gasteiger partial charge in [-0.25, -0.2) is 0 Å². The Morgan fingerprint density at radius 3 is 1.67 bits per heavy atom. The molecular formula is HAl2HfO3. The predicted octanol–water partition coefficient (Wildman–Crippen LogP) is -1.39. The van der Waals surface area contributed by atoms with Crippen molar-refractivity contribution in [2.45, 2.75) is 0 Å². The van der Waals surface area contributed by atoms with E-state index in [1.165, 1.54) is 0 Å². The molecule has 0 rings (SSSR count). The zero-order valence-corrected chi connectivity index (χ0v) is 9.17. The topological polar surface area (TPSA) is 51.2 Å². The van der Waals surface area contributed by atoms with Crippen LogP contribution < -0.4 is 0 Å². The van der Waals surface area contributed by atoms with E-state index in [4.69, 9.17) is 7.61 Å². The van der Waals surface area contributed by atoms with Gasteiger partial charge in [-0.05, 0) is 0 Å². The molecule has 0 unspecified atom stereocenters. The summed E-state index contributed by atoms with van der Waals surface area (Å²) >= 11 is -1.87. The number of hydrogen-bond acceptors (Lipinski definition) is 3. The molecule has 0 amide bonds. The predicted molar refractivity (Wildman–Crippen MR) is 15.0 cm³/mol. The van der Waals surface area contributed by atoms with E-state index in [9.17, 15) is 2.85 Å². The molecule has 29 valence electrons. The van der Waals surface area contributed by atoms with Crippen LogP contribution in [0.15, 0.2) is 0 Å². The van der Waals surface area contributed by atoms with Crippen molar-refractivity contribution in [2.75, 3.05) is 0 Å². The molecule has 0 saturated carbocycles. The fourth-order valence-electron chi connectivity index (χ4n) is 0.